The number of nitrogens with one attached hydrogen (secondary N) is 1. The van der Waals surface area contributed by atoms with Gasteiger partial charge in [-0.2, -0.15) is 0 Å². The van der Waals surface area contributed by atoms with Gasteiger partial charge in [-0.25, -0.2) is 0 Å². The zero-order valence-electron chi connectivity index (χ0n) is 14.4. The summed E-state index contributed by atoms with van der Waals surface area (Å²) in [4.78, 5) is 15.1. The number of carbonyl (C=O) groups is 1. The summed E-state index contributed by atoms with van der Waals surface area (Å²) in [6.07, 6.45) is 1.81. The minimum Gasteiger partial charge on any atom is -0.360 e. The van der Waals surface area contributed by atoms with Crippen molar-refractivity contribution in [2.45, 2.75) is 19.6 Å². The van der Waals surface area contributed by atoms with Gasteiger partial charge in [0.15, 0.2) is 0 Å². The molecule has 1 N–H and O–H groups in total. The Morgan fingerprint density at radius 2 is 1.76 bits per heavy atom. The molecule has 0 radical (unpaired) electrons. The second kappa shape index (κ2) is 6.13. The number of nitrogens with zero attached hydrogens (tertiary/aromatic N) is 2. The average Bonchev–Trinajstić information content (AvgIpc) is 3.05. The van der Waals surface area contributed by atoms with Crippen LogP contribution >= 0.6 is 0 Å². The number of benzene rings is 2. The van der Waals surface area contributed by atoms with Crippen molar-refractivity contribution in [1.29, 1.82) is 0 Å². The number of fused-ring (bicyclic) bond motifs is 1. The van der Waals surface area contributed by atoms with Gasteiger partial charge >= 0.3 is 0 Å². The highest BCUT2D eigenvalue weighted by atomic mass is 16.2. The molecule has 4 nitrogen and oxygen atoms in total. The first-order valence-corrected chi connectivity index (χ1v) is 8.47. The maximum absolute atomic E-state index is 13.2. The van der Waals surface area contributed by atoms with Crippen molar-refractivity contribution in [1.82, 2.24) is 9.47 Å². The highest BCUT2D eigenvalue weighted by molar-refractivity contribution is 6.01. The average molecular weight is 331 g/mol. The molecule has 0 bridgehead atoms. The Morgan fingerprint density at radius 3 is 2.48 bits per heavy atom. The van der Waals surface area contributed by atoms with Gasteiger partial charge in [-0.15, -0.1) is 0 Å². The lowest BCUT2D eigenvalue weighted by atomic mass is 10.0. The van der Waals surface area contributed by atoms with E-state index >= 15 is 0 Å². The lowest BCUT2D eigenvalue weighted by Gasteiger charge is -2.38. The first kappa shape index (κ1) is 15.5. The summed E-state index contributed by atoms with van der Waals surface area (Å²) in [5.74, 6) is 0.0566. The number of hydrogen-bond donors (Lipinski definition) is 1. The van der Waals surface area contributed by atoms with Gasteiger partial charge in [0.05, 0.1) is 11.3 Å². The number of carbonyl (C=O) groups excluding carboxylic acids is 1. The van der Waals surface area contributed by atoms with Crippen molar-refractivity contribution in [2.24, 2.45) is 7.05 Å². The molecule has 1 amide bonds. The van der Waals surface area contributed by atoms with Crippen LogP contribution < -0.4 is 5.32 Å². The van der Waals surface area contributed by atoms with E-state index in [0.29, 0.717) is 6.54 Å². The normalized spacial score (nSPS) is 16.5. The summed E-state index contributed by atoms with van der Waals surface area (Å²) in [5, 5.41) is 3.54. The van der Waals surface area contributed by atoms with Crippen molar-refractivity contribution in [3.8, 4) is 0 Å². The molecule has 0 saturated carbocycles. The third-order valence-corrected chi connectivity index (χ3v) is 4.76. The molecule has 126 valence electrons. The Labute approximate surface area is 147 Å². The molecule has 1 aliphatic heterocycles. The van der Waals surface area contributed by atoms with Gasteiger partial charge in [0, 0.05) is 25.5 Å². The van der Waals surface area contributed by atoms with E-state index in [9.17, 15) is 4.79 Å². The Bertz CT molecular complexity index is 911. The zero-order chi connectivity index (χ0) is 17.4. The fraction of sp³-hybridized carbons (Fsp3) is 0.190. The van der Waals surface area contributed by atoms with E-state index in [1.165, 1.54) is 5.56 Å². The summed E-state index contributed by atoms with van der Waals surface area (Å²) in [7, 11) is 2.01. The number of rotatable bonds is 3. The molecule has 1 aliphatic rings. The molecule has 0 unspecified atom stereocenters. The first-order chi connectivity index (χ1) is 12.1. The minimum absolute atomic E-state index is 0.0566. The van der Waals surface area contributed by atoms with E-state index in [4.69, 9.17) is 0 Å². The molecule has 4 heteroatoms. The molecule has 25 heavy (non-hydrogen) atoms. The van der Waals surface area contributed by atoms with Crippen LogP contribution in [-0.2, 0) is 13.6 Å². The largest absolute Gasteiger partial charge is 0.360 e. The minimum atomic E-state index is -0.191. The molecule has 0 saturated heterocycles. The fourth-order valence-corrected chi connectivity index (χ4v) is 3.34. The molecule has 2 aromatic carbocycles. The van der Waals surface area contributed by atoms with E-state index in [1.807, 2.05) is 48.5 Å². The van der Waals surface area contributed by atoms with E-state index in [2.05, 4.69) is 47.1 Å². The molecule has 0 aliphatic carbocycles. The van der Waals surface area contributed by atoms with Crippen LogP contribution in [0.2, 0.25) is 0 Å². The summed E-state index contributed by atoms with van der Waals surface area (Å²) in [5.41, 5.74) is 5.02. The zero-order valence-corrected chi connectivity index (χ0v) is 14.4. The molecular formula is C21H21N3O. The predicted molar refractivity (Wildman–Crippen MR) is 99.3 cm³/mol. The number of aryl methyl sites for hydroxylation is 2. The van der Waals surface area contributed by atoms with Crippen LogP contribution in [0.1, 0.15) is 33.3 Å². The number of para-hydroxylation sites is 1. The standard InChI is InChI=1S/C21H21N3O/c1-15-9-11-16(12-10-15)14-24-20(19-8-5-13-23(19)2)22-18-7-4-3-6-17(18)21(24)25/h3-13,20,22H,14H2,1-2H3/t20-/m0/s1. The summed E-state index contributed by atoms with van der Waals surface area (Å²) in [6.45, 7) is 2.64. The van der Waals surface area contributed by atoms with Gasteiger partial charge in [-0.05, 0) is 36.8 Å². The van der Waals surface area contributed by atoms with Gasteiger partial charge in [0.2, 0.25) is 0 Å². The number of hydrogen-bond acceptors (Lipinski definition) is 2. The Balaban J connectivity index is 1.75. The molecule has 1 aromatic heterocycles. The molecule has 0 fully saturated rings. The lowest BCUT2D eigenvalue weighted by Crippen LogP contribution is -2.43. The first-order valence-electron chi connectivity index (χ1n) is 8.47. The van der Waals surface area contributed by atoms with E-state index in [-0.39, 0.29) is 12.1 Å². The maximum Gasteiger partial charge on any atom is 0.258 e. The molecule has 3 aromatic rings. The van der Waals surface area contributed by atoms with Crippen molar-refractivity contribution in [3.63, 3.8) is 0 Å². The smallest absolute Gasteiger partial charge is 0.258 e. The van der Waals surface area contributed by atoms with Crippen molar-refractivity contribution in [2.75, 3.05) is 5.32 Å². The molecule has 1 atom stereocenters. The van der Waals surface area contributed by atoms with Crippen LogP contribution in [0.5, 0.6) is 0 Å². The fourth-order valence-electron chi connectivity index (χ4n) is 3.34. The van der Waals surface area contributed by atoms with Crippen molar-refractivity contribution in [3.05, 3.63) is 89.2 Å². The number of amides is 1. The van der Waals surface area contributed by atoms with Crippen LogP contribution in [0.25, 0.3) is 0 Å². The molecule has 4 rings (SSSR count). The molecular weight excluding hydrogens is 310 g/mol. The quantitative estimate of drug-likeness (QED) is 0.784. The monoisotopic (exact) mass is 331 g/mol. The summed E-state index contributed by atoms with van der Waals surface area (Å²) >= 11 is 0. The van der Waals surface area contributed by atoms with Gasteiger partial charge in [-0.1, -0.05) is 42.0 Å². The Kier molecular flexibility index (Phi) is 3.80. The van der Waals surface area contributed by atoms with Crippen molar-refractivity contribution >= 4 is 11.6 Å². The van der Waals surface area contributed by atoms with E-state index in [1.54, 1.807) is 0 Å². The Hall–Kier alpha value is -3.01. The second-order valence-electron chi connectivity index (χ2n) is 6.56. The number of anilines is 1. The van der Waals surface area contributed by atoms with Gasteiger partial charge in [0.1, 0.15) is 6.17 Å². The topological polar surface area (TPSA) is 37.3 Å². The Morgan fingerprint density at radius 1 is 1.00 bits per heavy atom. The molecule has 2 heterocycles. The molecule has 0 spiro atoms. The van der Waals surface area contributed by atoms with Crippen LogP contribution in [0.4, 0.5) is 5.69 Å². The predicted octanol–water partition coefficient (Wildman–Crippen LogP) is 4.10. The van der Waals surface area contributed by atoms with Crippen LogP contribution in [0.3, 0.4) is 0 Å². The van der Waals surface area contributed by atoms with Crippen LogP contribution in [0, 0.1) is 6.92 Å². The van der Waals surface area contributed by atoms with Crippen molar-refractivity contribution < 1.29 is 4.79 Å². The third kappa shape index (κ3) is 2.80. The van der Waals surface area contributed by atoms with Gasteiger partial charge < -0.3 is 14.8 Å². The highest BCUT2D eigenvalue weighted by Crippen LogP contribution is 2.34. The summed E-state index contributed by atoms with van der Waals surface area (Å²) < 4.78 is 2.06. The third-order valence-electron chi connectivity index (χ3n) is 4.76. The van der Waals surface area contributed by atoms with Gasteiger partial charge in [0.25, 0.3) is 5.91 Å². The lowest BCUT2D eigenvalue weighted by molar-refractivity contribution is 0.0660. The highest BCUT2D eigenvalue weighted by Gasteiger charge is 2.33. The van der Waals surface area contributed by atoms with Crippen LogP contribution in [0.15, 0.2) is 66.9 Å². The maximum atomic E-state index is 13.2. The summed E-state index contributed by atoms with van der Waals surface area (Å²) in [6, 6.07) is 20.1. The van der Waals surface area contributed by atoms with E-state index < -0.39 is 0 Å². The second-order valence-corrected chi connectivity index (χ2v) is 6.56. The van der Waals surface area contributed by atoms with E-state index in [0.717, 1.165) is 22.5 Å². The number of aromatic nitrogens is 1. The van der Waals surface area contributed by atoms with Gasteiger partial charge in [-0.3, -0.25) is 4.79 Å². The SMILES string of the molecule is Cc1ccc(CN2C(=O)c3ccccc3N[C@@H]2c2cccn2C)cc1. The van der Waals surface area contributed by atoms with Crippen LogP contribution in [-0.4, -0.2) is 15.4 Å².